The number of aliphatic hydroxyl groups excluding tert-OH is 1. The Kier molecular flexibility index (Phi) is 3.07. The molecule has 1 radical (unpaired) electrons. The van der Waals surface area contributed by atoms with Crippen molar-refractivity contribution >= 4 is 6.29 Å². The molecule has 0 unspecified atom stereocenters. The molecule has 45 valence electrons. The van der Waals surface area contributed by atoms with Crippen LogP contribution < -0.4 is 0 Å². The molecule has 0 aromatic heterocycles. The first-order valence-electron chi connectivity index (χ1n) is 2.09. The van der Waals surface area contributed by atoms with Crippen molar-refractivity contribution in [3.63, 3.8) is 0 Å². The Morgan fingerprint density at radius 3 is 2.38 bits per heavy atom. The van der Waals surface area contributed by atoms with Crippen LogP contribution in [0.3, 0.4) is 0 Å². The summed E-state index contributed by atoms with van der Waals surface area (Å²) in [7, 11) is 0. The zero-order valence-electron chi connectivity index (χ0n) is 4.46. The second kappa shape index (κ2) is 3.35. The van der Waals surface area contributed by atoms with E-state index in [4.69, 9.17) is 10.2 Å². The Morgan fingerprint density at radius 2 is 2.25 bits per heavy atom. The number of carbonyl (C=O) groups excluding carboxylic acids is 1. The lowest BCUT2D eigenvalue weighted by molar-refractivity contribution is -0.00753. The molecule has 0 aromatic rings. The highest BCUT2D eigenvalue weighted by Gasteiger charge is 1.96. The van der Waals surface area contributed by atoms with Crippen LogP contribution in [0.2, 0.25) is 0 Å². The third-order valence-electron chi connectivity index (χ3n) is 0.694. The maximum atomic E-state index is 9.50. The van der Waals surface area contributed by atoms with Gasteiger partial charge in [-0.3, -0.25) is 4.79 Å². The van der Waals surface area contributed by atoms with Gasteiger partial charge in [-0.25, -0.2) is 0 Å². The van der Waals surface area contributed by atoms with Crippen LogP contribution in [0.1, 0.15) is 6.92 Å². The van der Waals surface area contributed by atoms with Crippen molar-refractivity contribution in [2.24, 2.45) is 0 Å². The van der Waals surface area contributed by atoms with Crippen molar-refractivity contribution in [1.82, 2.24) is 0 Å². The van der Waals surface area contributed by atoms with Crippen molar-refractivity contribution in [2.45, 2.75) is 13.2 Å². The Morgan fingerprint density at radius 1 is 1.75 bits per heavy atom. The fourth-order valence-corrected chi connectivity index (χ4v) is 0.167. The van der Waals surface area contributed by atoms with Crippen LogP contribution in [0.5, 0.6) is 0 Å². The van der Waals surface area contributed by atoms with Gasteiger partial charge in [-0.15, -0.1) is 0 Å². The molecule has 0 atom stereocenters. The first-order chi connectivity index (χ1) is 3.68. The highest BCUT2D eigenvalue weighted by Crippen LogP contribution is 1.93. The summed E-state index contributed by atoms with van der Waals surface area (Å²) in [5.74, 6) is 0. The zero-order chi connectivity index (χ0) is 6.57. The molecule has 0 spiro atoms. The van der Waals surface area contributed by atoms with Gasteiger partial charge < -0.3 is 10.2 Å². The van der Waals surface area contributed by atoms with Crippen LogP contribution in [0.15, 0.2) is 11.6 Å². The summed E-state index contributed by atoms with van der Waals surface area (Å²) in [5, 5.41) is 16.5. The number of hydrogen-bond donors (Lipinski definition) is 2. The molecule has 0 amide bonds. The minimum Gasteiger partial charge on any atom is -0.365 e. The quantitative estimate of drug-likeness (QED) is 0.371. The first-order valence-corrected chi connectivity index (χ1v) is 2.09. The van der Waals surface area contributed by atoms with E-state index < -0.39 is 6.29 Å². The maximum Gasteiger partial charge on any atom is 0.225 e. The Labute approximate surface area is 47.3 Å². The predicted octanol–water partition coefficient (Wildman–Crippen LogP) is -0.647. The van der Waals surface area contributed by atoms with E-state index in [1.165, 1.54) is 13.2 Å². The van der Waals surface area contributed by atoms with Gasteiger partial charge in [0.25, 0.3) is 0 Å². The second-order valence-electron chi connectivity index (χ2n) is 1.38. The molecule has 0 bridgehead atoms. The van der Waals surface area contributed by atoms with Crippen LogP contribution in [-0.4, -0.2) is 22.8 Å². The second-order valence-corrected chi connectivity index (χ2v) is 1.38. The smallest absolute Gasteiger partial charge is 0.225 e. The summed E-state index contributed by atoms with van der Waals surface area (Å²) in [5.41, 5.74) is 0.194. The molecule has 3 heteroatoms. The number of allylic oxidation sites excluding steroid dienone is 1. The standard InChI is InChI=1S/C5H7O3/c1-4(2-3-6)5(7)8/h2,5,7-8H,1H3. The molecular weight excluding hydrogens is 108 g/mol. The van der Waals surface area contributed by atoms with Crippen LogP contribution in [0.4, 0.5) is 0 Å². The highest BCUT2D eigenvalue weighted by molar-refractivity contribution is 5.66. The van der Waals surface area contributed by atoms with E-state index in [1.54, 1.807) is 0 Å². The molecule has 0 aromatic carbocycles. The largest absolute Gasteiger partial charge is 0.365 e. The van der Waals surface area contributed by atoms with Gasteiger partial charge >= 0.3 is 0 Å². The van der Waals surface area contributed by atoms with Crippen molar-refractivity contribution in [1.29, 1.82) is 0 Å². The lowest BCUT2D eigenvalue weighted by Crippen LogP contribution is -2.05. The molecule has 0 aliphatic carbocycles. The van der Waals surface area contributed by atoms with E-state index in [0.717, 1.165) is 6.08 Å². The third kappa shape index (κ3) is 2.49. The van der Waals surface area contributed by atoms with E-state index >= 15 is 0 Å². The molecule has 2 N–H and O–H groups in total. The van der Waals surface area contributed by atoms with E-state index in [-0.39, 0.29) is 5.57 Å². The Balaban J connectivity index is 3.78. The molecule has 3 nitrogen and oxygen atoms in total. The van der Waals surface area contributed by atoms with Crippen LogP contribution >= 0.6 is 0 Å². The van der Waals surface area contributed by atoms with Gasteiger partial charge in [0, 0.05) is 0 Å². The monoisotopic (exact) mass is 115 g/mol. The van der Waals surface area contributed by atoms with Gasteiger partial charge in [0.1, 0.15) is 0 Å². The van der Waals surface area contributed by atoms with Crippen molar-refractivity contribution in [2.75, 3.05) is 0 Å². The van der Waals surface area contributed by atoms with Crippen LogP contribution in [0, 0.1) is 0 Å². The van der Waals surface area contributed by atoms with Gasteiger partial charge in [-0.05, 0) is 18.6 Å². The average Bonchev–Trinajstić information content (AvgIpc) is 1.67. The number of hydrogen-bond acceptors (Lipinski definition) is 3. The molecule has 8 heavy (non-hydrogen) atoms. The van der Waals surface area contributed by atoms with Crippen molar-refractivity contribution in [3.8, 4) is 0 Å². The molecular formula is C5H7O3. The summed E-state index contributed by atoms with van der Waals surface area (Å²) in [6.07, 6.45) is 0.863. The lowest BCUT2D eigenvalue weighted by atomic mass is 10.3. The summed E-state index contributed by atoms with van der Waals surface area (Å²) < 4.78 is 0. The fourth-order valence-electron chi connectivity index (χ4n) is 0.167. The summed E-state index contributed by atoms with van der Waals surface area (Å²) in [6.45, 7) is 1.43. The summed E-state index contributed by atoms with van der Waals surface area (Å²) >= 11 is 0. The lowest BCUT2D eigenvalue weighted by Gasteiger charge is -1.98. The maximum absolute atomic E-state index is 9.50. The van der Waals surface area contributed by atoms with E-state index in [2.05, 4.69) is 0 Å². The number of aliphatic hydroxyl groups is 2. The molecule has 0 saturated heterocycles. The molecule has 0 heterocycles. The average molecular weight is 115 g/mol. The van der Waals surface area contributed by atoms with Gasteiger partial charge in [0.2, 0.25) is 6.29 Å². The summed E-state index contributed by atoms with van der Waals surface area (Å²) in [4.78, 5) is 9.50. The molecule has 0 aliphatic heterocycles. The normalized spacial score (nSPS) is 12.2. The molecule has 0 fully saturated rings. The third-order valence-corrected chi connectivity index (χ3v) is 0.694. The topological polar surface area (TPSA) is 57.5 Å². The van der Waals surface area contributed by atoms with Crippen LogP contribution in [-0.2, 0) is 4.79 Å². The van der Waals surface area contributed by atoms with E-state index in [9.17, 15) is 4.79 Å². The Bertz CT molecular complexity index is 104. The predicted molar refractivity (Wildman–Crippen MR) is 27.7 cm³/mol. The first kappa shape index (κ1) is 7.33. The molecule has 0 aliphatic rings. The highest BCUT2D eigenvalue weighted by atomic mass is 16.5. The minimum atomic E-state index is -1.53. The van der Waals surface area contributed by atoms with Gasteiger partial charge in [-0.2, -0.15) is 0 Å². The fraction of sp³-hybridized carbons (Fsp3) is 0.400. The number of rotatable bonds is 2. The van der Waals surface area contributed by atoms with Crippen LogP contribution in [0.25, 0.3) is 0 Å². The van der Waals surface area contributed by atoms with E-state index in [1.807, 2.05) is 0 Å². The molecule has 0 saturated carbocycles. The SMILES string of the molecule is CC(=C[C]=O)C(O)O. The van der Waals surface area contributed by atoms with Gasteiger partial charge in [0.15, 0.2) is 6.29 Å². The Hall–Kier alpha value is -0.670. The van der Waals surface area contributed by atoms with Gasteiger partial charge in [0.05, 0.1) is 0 Å². The molecule has 0 rings (SSSR count). The van der Waals surface area contributed by atoms with Crippen molar-refractivity contribution in [3.05, 3.63) is 11.6 Å². The van der Waals surface area contributed by atoms with E-state index in [0.29, 0.717) is 0 Å². The van der Waals surface area contributed by atoms with Crippen molar-refractivity contribution < 1.29 is 15.0 Å². The zero-order valence-corrected chi connectivity index (χ0v) is 4.46. The minimum absolute atomic E-state index is 0.194. The summed E-state index contributed by atoms with van der Waals surface area (Å²) in [6, 6.07) is 0. The van der Waals surface area contributed by atoms with Gasteiger partial charge in [-0.1, -0.05) is 0 Å².